The number of sulfonamides is 1. The highest BCUT2D eigenvalue weighted by atomic mass is 35.5. The first-order valence-corrected chi connectivity index (χ1v) is 6.41. The van der Waals surface area contributed by atoms with Gasteiger partial charge in [-0.3, -0.25) is 4.72 Å². The van der Waals surface area contributed by atoms with Crippen LogP contribution >= 0.6 is 11.6 Å². The molecule has 6 heteroatoms. The smallest absolute Gasteiger partial charge is 0.235 e. The number of hydrogen-bond acceptors (Lipinski definition) is 3. The highest BCUT2D eigenvalue weighted by Crippen LogP contribution is 2.33. The van der Waals surface area contributed by atoms with Crippen molar-refractivity contribution in [2.24, 2.45) is 0 Å². The molecule has 2 N–H and O–H groups in total. The molecule has 1 aromatic rings. The number of aromatic hydroxyl groups is 1. The Hall–Kier alpha value is -0.940. The fourth-order valence-electron chi connectivity index (χ4n) is 1.21. The lowest BCUT2D eigenvalue weighted by Crippen LogP contribution is -2.17. The van der Waals surface area contributed by atoms with Gasteiger partial charge in [-0.05, 0) is 25.0 Å². The lowest BCUT2D eigenvalue weighted by atomic mass is 10.3. The average molecular weight is 248 g/mol. The summed E-state index contributed by atoms with van der Waals surface area (Å²) in [6, 6.07) is 4.26. The van der Waals surface area contributed by atoms with Gasteiger partial charge in [-0.1, -0.05) is 11.6 Å². The molecule has 1 saturated carbocycles. The van der Waals surface area contributed by atoms with Crippen molar-refractivity contribution < 1.29 is 13.5 Å². The van der Waals surface area contributed by atoms with E-state index in [1.165, 1.54) is 18.2 Å². The van der Waals surface area contributed by atoms with Crippen LogP contribution in [0.2, 0.25) is 5.02 Å². The van der Waals surface area contributed by atoms with E-state index in [0.29, 0.717) is 17.9 Å². The molecule has 1 fully saturated rings. The van der Waals surface area contributed by atoms with Gasteiger partial charge in [0.1, 0.15) is 5.75 Å². The van der Waals surface area contributed by atoms with Crippen LogP contribution in [-0.4, -0.2) is 18.8 Å². The van der Waals surface area contributed by atoms with Crippen LogP contribution in [0.3, 0.4) is 0 Å². The maximum absolute atomic E-state index is 11.5. The van der Waals surface area contributed by atoms with E-state index < -0.39 is 10.0 Å². The van der Waals surface area contributed by atoms with Crippen LogP contribution in [0.25, 0.3) is 0 Å². The molecule has 0 unspecified atom stereocenters. The monoisotopic (exact) mass is 247 g/mol. The molecule has 0 aliphatic heterocycles. The zero-order chi connectivity index (χ0) is 11.1. The molecule has 0 spiro atoms. The molecule has 0 amide bonds. The van der Waals surface area contributed by atoms with Crippen molar-refractivity contribution in [2.75, 3.05) is 4.72 Å². The van der Waals surface area contributed by atoms with Crippen LogP contribution in [0, 0.1) is 0 Å². The van der Waals surface area contributed by atoms with Gasteiger partial charge in [0.25, 0.3) is 0 Å². The second-order valence-corrected chi connectivity index (χ2v) is 5.91. The summed E-state index contributed by atoms with van der Waals surface area (Å²) in [5.74, 6) is -0.160. The molecule has 82 valence electrons. The third-order valence-electron chi connectivity index (χ3n) is 2.18. The summed E-state index contributed by atoms with van der Waals surface area (Å²) in [5, 5.41) is 9.50. The van der Waals surface area contributed by atoms with E-state index in [-0.39, 0.29) is 16.7 Å². The number of phenols is 1. The van der Waals surface area contributed by atoms with Crippen LogP contribution < -0.4 is 4.72 Å². The Balaban J connectivity index is 2.24. The molecular weight excluding hydrogens is 238 g/mol. The quantitative estimate of drug-likeness (QED) is 0.803. The van der Waals surface area contributed by atoms with Gasteiger partial charge >= 0.3 is 0 Å². The van der Waals surface area contributed by atoms with Crippen molar-refractivity contribution >= 4 is 27.3 Å². The van der Waals surface area contributed by atoms with Crippen LogP contribution in [-0.2, 0) is 10.0 Å². The molecule has 0 radical (unpaired) electrons. The largest absolute Gasteiger partial charge is 0.506 e. The molecule has 0 saturated heterocycles. The average Bonchev–Trinajstić information content (AvgIpc) is 2.92. The lowest BCUT2D eigenvalue weighted by molar-refractivity contribution is 0.477. The molecule has 15 heavy (non-hydrogen) atoms. The first-order valence-electron chi connectivity index (χ1n) is 4.49. The highest BCUT2D eigenvalue weighted by Gasteiger charge is 2.36. The summed E-state index contributed by atoms with van der Waals surface area (Å²) in [4.78, 5) is 0. The zero-order valence-electron chi connectivity index (χ0n) is 7.77. The summed E-state index contributed by atoms with van der Waals surface area (Å²) in [6.45, 7) is 0. The molecule has 0 heterocycles. The summed E-state index contributed by atoms with van der Waals surface area (Å²) >= 11 is 5.63. The predicted octanol–water partition coefficient (Wildman–Crippen LogP) is 1.95. The summed E-state index contributed by atoms with van der Waals surface area (Å²) < 4.78 is 25.4. The number of anilines is 1. The van der Waals surface area contributed by atoms with Gasteiger partial charge in [0, 0.05) is 11.1 Å². The van der Waals surface area contributed by atoms with Gasteiger partial charge in [-0.15, -0.1) is 0 Å². The van der Waals surface area contributed by atoms with Gasteiger partial charge in [0.15, 0.2) is 0 Å². The zero-order valence-corrected chi connectivity index (χ0v) is 9.35. The summed E-state index contributed by atoms with van der Waals surface area (Å²) in [6.07, 6.45) is 1.37. The minimum atomic E-state index is -3.33. The van der Waals surface area contributed by atoms with Crippen LogP contribution in [0.1, 0.15) is 12.8 Å². The first kappa shape index (κ1) is 10.6. The Morgan fingerprint density at radius 1 is 1.40 bits per heavy atom. The maximum Gasteiger partial charge on any atom is 0.235 e. The minimum Gasteiger partial charge on any atom is -0.506 e. The Kier molecular flexibility index (Phi) is 2.52. The van der Waals surface area contributed by atoms with E-state index in [1.807, 2.05) is 0 Å². The molecule has 4 nitrogen and oxygen atoms in total. The number of benzene rings is 1. The van der Waals surface area contributed by atoms with Gasteiger partial charge in [-0.2, -0.15) is 0 Å². The Morgan fingerprint density at radius 2 is 2.07 bits per heavy atom. The van der Waals surface area contributed by atoms with Crippen LogP contribution in [0.4, 0.5) is 5.69 Å². The number of rotatable bonds is 3. The highest BCUT2D eigenvalue weighted by molar-refractivity contribution is 7.93. The van der Waals surface area contributed by atoms with E-state index in [0.717, 1.165) is 0 Å². The summed E-state index contributed by atoms with van der Waals surface area (Å²) in [7, 11) is -3.33. The minimum absolute atomic E-state index is 0.160. The second-order valence-electron chi connectivity index (χ2n) is 3.51. The second kappa shape index (κ2) is 3.57. The van der Waals surface area contributed by atoms with Gasteiger partial charge in [0.05, 0.1) is 10.9 Å². The first-order chi connectivity index (χ1) is 6.99. The van der Waals surface area contributed by atoms with Gasteiger partial charge in [0.2, 0.25) is 10.0 Å². The fraction of sp³-hybridized carbons (Fsp3) is 0.333. The van der Waals surface area contributed by atoms with Crippen molar-refractivity contribution in [3.8, 4) is 5.75 Å². The predicted molar refractivity (Wildman–Crippen MR) is 58.7 cm³/mol. The Bertz CT molecular complexity index is 482. The molecular formula is C9H10ClNO3S. The fourth-order valence-corrected chi connectivity index (χ4v) is 2.77. The molecule has 0 bridgehead atoms. The van der Waals surface area contributed by atoms with E-state index >= 15 is 0 Å². The van der Waals surface area contributed by atoms with Crippen LogP contribution in [0.15, 0.2) is 18.2 Å². The SMILES string of the molecule is O=S(=O)(Nc1ccc(Cl)cc1O)C1CC1. The van der Waals surface area contributed by atoms with Gasteiger partial charge in [-0.25, -0.2) is 8.42 Å². The number of halogens is 1. The molecule has 2 rings (SSSR count). The molecule has 0 aromatic heterocycles. The standard InChI is InChI=1S/C9H10ClNO3S/c10-6-1-4-8(9(12)5-6)11-15(13,14)7-2-3-7/h1,4-5,7,11-12H,2-3H2. The van der Waals surface area contributed by atoms with E-state index in [9.17, 15) is 13.5 Å². The van der Waals surface area contributed by atoms with Crippen molar-refractivity contribution in [1.29, 1.82) is 0 Å². The topological polar surface area (TPSA) is 66.4 Å². The molecule has 0 atom stereocenters. The third kappa shape index (κ3) is 2.35. The third-order valence-corrected chi connectivity index (χ3v) is 4.26. The van der Waals surface area contributed by atoms with Crippen molar-refractivity contribution in [1.82, 2.24) is 0 Å². The molecule has 1 aromatic carbocycles. The van der Waals surface area contributed by atoms with E-state index in [2.05, 4.69) is 4.72 Å². The molecule has 1 aliphatic rings. The van der Waals surface area contributed by atoms with Crippen LogP contribution in [0.5, 0.6) is 5.75 Å². The summed E-state index contributed by atoms with van der Waals surface area (Å²) in [5.41, 5.74) is 0.173. The van der Waals surface area contributed by atoms with Gasteiger partial charge < -0.3 is 5.11 Å². The Morgan fingerprint density at radius 3 is 2.60 bits per heavy atom. The number of hydrogen-bond donors (Lipinski definition) is 2. The van der Waals surface area contributed by atoms with Crippen molar-refractivity contribution in [3.63, 3.8) is 0 Å². The molecule has 1 aliphatic carbocycles. The lowest BCUT2D eigenvalue weighted by Gasteiger charge is -2.08. The van der Waals surface area contributed by atoms with E-state index in [4.69, 9.17) is 11.6 Å². The maximum atomic E-state index is 11.5. The number of phenolic OH excluding ortho intramolecular Hbond substituents is 1. The Labute approximate surface area is 92.9 Å². The normalized spacial score (nSPS) is 16.3. The number of nitrogens with one attached hydrogen (secondary N) is 1. The van der Waals surface area contributed by atoms with Crippen molar-refractivity contribution in [2.45, 2.75) is 18.1 Å². The van der Waals surface area contributed by atoms with Crippen molar-refractivity contribution in [3.05, 3.63) is 23.2 Å². The van der Waals surface area contributed by atoms with E-state index in [1.54, 1.807) is 0 Å².